The van der Waals surface area contributed by atoms with Crippen LogP contribution in [0, 0.1) is 13.8 Å². The van der Waals surface area contributed by atoms with Crippen LogP contribution in [0.15, 0.2) is 66.0 Å². The first-order valence-corrected chi connectivity index (χ1v) is 16.3. The Hall–Kier alpha value is -4.36. The molecule has 0 spiro atoms. The van der Waals surface area contributed by atoms with Crippen LogP contribution in [0.25, 0.3) is 0 Å². The number of hydrogen-bond acceptors (Lipinski definition) is 8. The second-order valence-corrected chi connectivity index (χ2v) is 12.3. The lowest BCUT2D eigenvalue weighted by molar-refractivity contribution is -0.137. The molecule has 2 aromatic carbocycles. The van der Waals surface area contributed by atoms with Crippen molar-refractivity contribution in [2.24, 2.45) is 0 Å². The number of halogens is 3. The third-order valence-corrected chi connectivity index (χ3v) is 8.41. The Morgan fingerprint density at radius 1 is 0.979 bits per heavy atom. The number of rotatable bonds is 10. The summed E-state index contributed by atoms with van der Waals surface area (Å²) in [5.74, 6) is -0.459. The second kappa shape index (κ2) is 16.5. The lowest BCUT2D eigenvalue weighted by Gasteiger charge is -2.23. The summed E-state index contributed by atoms with van der Waals surface area (Å²) in [4.78, 5) is 43.1. The number of amides is 2. The zero-order valence-electron chi connectivity index (χ0n) is 27.0. The fourth-order valence-corrected chi connectivity index (χ4v) is 5.87. The van der Waals surface area contributed by atoms with Crippen molar-refractivity contribution in [3.63, 3.8) is 0 Å². The van der Waals surface area contributed by atoms with Gasteiger partial charge in [0.15, 0.2) is 0 Å². The van der Waals surface area contributed by atoms with E-state index in [0.717, 1.165) is 35.7 Å². The summed E-state index contributed by atoms with van der Waals surface area (Å²) >= 11 is 1.53. The maximum atomic E-state index is 13.5. The minimum absolute atomic E-state index is 0.0832. The van der Waals surface area contributed by atoms with Crippen molar-refractivity contribution in [1.29, 1.82) is 0 Å². The quantitative estimate of drug-likeness (QED) is 0.194. The van der Waals surface area contributed by atoms with E-state index in [9.17, 15) is 22.8 Å². The van der Waals surface area contributed by atoms with Crippen molar-refractivity contribution < 1.29 is 22.8 Å². The molecule has 4 aromatic rings. The average molecular weight is 668 g/mol. The van der Waals surface area contributed by atoms with Crippen LogP contribution >= 0.6 is 11.3 Å². The Balaban J connectivity index is 0.000000632. The lowest BCUT2D eigenvalue weighted by Crippen LogP contribution is -2.33. The van der Waals surface area contributed by atoms with Crippen LogP contribution in [-0.4, -0.2) is 65.4 Å². The molecule has 0 saturated carbocycles. The highest BCUT2D eigenvalue weighted by Crippen LogP contribution is 2.35. The van der Waals surface area contributed by atoms with Gasteiger partial charge in [-0.1, -0.05) is 54.1 Å². The van der Waals surface area contributed by atoms with E-state index in [1.807, 2.05) is 30.5 Å². The van der Waals surface area contributed by atoms with Crippen molar-refractivity contribution in [3.8, 4) is 0 Å². The van der Waals surface area contributed by atoms with Gasteiger partial charge >= 0.3 is 6.18 Å². The zero-order chi connectivity index (χ0) is 34.0. The number of thiazole rings is 1. The van der Waals surface area contributed by atoms with Crippen LogP contribution in [0.1, 0.15) is 73.7 Å². The molecule has 0 radical (unpaired) electrons. The van der Waals surface area contributed by atoms with E-state index in [4.69, 9.17) is 0 Å². The molecule has 1 fully saturated rings. The molecule has 2 amide bonds. The van der Waals surface area contributed by atoms with Crippen LogP contribution in [0.5, 0.6) is 0 Å². The molecule has 0 aliphatic carbocycles. The second-order valence-electron chi connectivity index (χ2n) is 11.5. The highest BCUT2D eigenvalue weighted by molar-refractivity contribution is 7.09. The summed E-state index contributed by atoms with van der Waals surface area (Å²) in [6.45, 7) is 5.67. The minimum Gasteiger partial charge on any atom is -0.351 e. The molecule has 1 aliphatic rings. The van der Waals surface area contributed by atoms with Gasteiger partial charge in [-0.25, -0.2) is 15.0 Å². The third-order valence-electron chi connectivity index (χ3n) is 7.34. The predicted octanol–water partition coefficient (Wildman–Crippen LogP) is 6.21. The summed E-state index contributed by atoms with van der Waals surface area (Å²) in [6.07, 6.45) is -2.16. The molecule has 47 heavy (non-hydrogen) atoms. The van der Waals surface area contributed by atoms with Crippen molar-refractivity contribution in [2.45, 2.75) is 51.9 Å². The van der Waals surface area contributed by atoms with Gasteiger partial charge in [-0.2, -0.15) is 13.2 Å². The van der Waals surface area contributed by atoms with Crippen molar-refractivity contribution in [2.75, 3.05) is 38.6 Å². The Morgan fingerprint density at radius 2 is 1.72 bits per heavy atom. The van der Waals surface area contributed by atoms with E-state index in [2.05, 4.69) is 44.6 Å². The van der Waals surface area contributed by atoms with E-state index in [0.29, 0.717) is 31.6 Å². The average Bonchev–Trinajstić information content (AvgIpc) is 3.71. The molecule has 0 bridgehead atoms. The van der Waals surface area contributed by atoms with Crippen LogP contribution < -0.4 is 15.5 Å². The Bertz CT molecular complexity index is 1630. The van der Waals surface area contributed by atoms with Gasteiger partial charge in [0.05, 0.1) is 11.6 Å². The highest BCUT2D eigenvalue weighted by atomic mass is 32.1. The number of nitrogens with one attached hydrogen (secondary N) is 2. The van der Waals surface area contributed by atoms with Gasteiger partial charge in [0.2, 0.25) is 5.95 Å². The molecular formula is C34H40F3N7O2S. The molecule has 1 unspecified atom stereocenters. The number of anilines is 1. The number of alkyl halides is 3. The monoisotopic (exact) mass is 667 g/mol. The fraction of sp³-hybridized carbons (Fsp3) is 0.382. The topological polar surface area (TPSA) is 103 Å². The maximum Gasteiger partial charge on any atom is 0.416 e. The zero-order valence-corrected chi connectivity index (χ0v) is 27.8. The lowest BCUT2D eigenvalue weighted by atomic mass is 10.1. The number of aromatic nitrogens is 3. The number of nitrogens with zero attached hydrogens (tertiary/aromatic N) is 5. The summed E-state index contributed by atoms with van der Waals surface area (Å²) in [6, 6.07) is 16.7. The Kier molecular flexibility index (Phi) is 12.4. The van der Waals surface area contributed by atoms with E-state index < -0.39 is 17.6 Å². The number of hydrogen-bond donors (Lipinski definition) is 2. The largest absolute Gasteiger partial charge is 0.416 e. The van der Waals surface area contributed by atoms with Gasteiger partial charge in [-0.15, -0.1) is 11.3 Å². The normalized spacial score (nSPS) is 14.4. The van der Waals surface area contributed by atoms with Gasteiger partial charge in [0.25, 0.3) is 11.8 Å². The standard InChI is InChI=1S/C27H32F3N7O2S.C7H8/c1-17-16-40-24(33-17)22-9-5-12-37(22)25(39)21-14-20(34-26(35-21)36(2)3)23(38)32-11-6-10-31-15-18-7-4-8-19(13-18)27(28,29)30;1-7-5-3-2-4-6-7/h4,7-8,13-14,16,22,31H,5-6,9-12,15H2,1-3H3,(H,32,38);2-6H,1H3. The molecule has 1 atom stereocenters. The minimum atomic E-state index is -4.38. The molecule has 2 N–H and O–H groups in total. The van der Waals surface area contributed by atoms with Gasteiger partial charge in [-0.3, -0.25) is 9.59 Å². The van der Waals surface area contributed by atoms with Crippen LogP contribution in [0.3, 0.4) is 0 Å². The third kappa shape index (κ3) is 10.3. The van der Waals surface area contributed by atoms with E-state index >= 15 is 0 Å². The van der Waals surface area contributed by atoms with Gasteiger partial charge in [0.1, 0.15) is 16.4 Å². The van der Waals surface area contributed by atoms with Gasteiger partial charge in [0, 0.05) is 50.9 Å². The molecule has 13 heteroatoms. The number of benzene rings is 2. The van der Waals surface area contributed by atoms with Crippen LogP contribution in [-0.2, 0) is 12.7 Å². The molecule has 2 aromatic heterocycles. The number of carbonyl (C=O) groups excluding carboxylic acids is 2. The van der Waals surface area contributed by atoms with E-state index in [1.165, 1.54) is 29.0 Å². The highest BCUT2D eigenvalue weighted by Gasteiger charge is 2.34. The summed E-state index contributed by atoms with van der Waals surface area (Å²) < 4.78 is 38.6. The molecule has 1 aliphatic heterocycles. The summed E-state index contributed by atoms with van der Waals surface area (Å²) in [7, 11) is 3.47. The molecule has 1 saturated heterocycles. The molecule has 3 heterocycles. The summed E-state index contributed by atoms with van der Waals surface area (Å²) in [5, 5.41) is 8.74. The van der Waals surface area contributed by atoms with Crippen LogP contribution in [0.4, 0.5) is 19.1 Å². The number of likely N-dealkylation sites (tertiary alicyclic amines) is 1. The first-order chi connectivity index (χ1) is 22.4. The maximum absolute atomic E-state index is 13.5. The SMILES string of the molecule is Cc1ccccc1.Cc1csc(C2CCCN2C(=O)c2cc(C(=O)NCCCNCc3cccc(C(F)(F)F)c3)nc(N(C)C)n2)n1. The van der Waals surface area contributed by atoms with Crippen molar-refractivity contribution in [3.05, 3.63) is 105 Å². The van der Waals surface area contributed by atoms with E-state index in [1.54, 1.807) is 30.0 Å². The van der Waals surface area contributed by atoms with Crippen molar-refractivity contribution in [1.82, 2.24) is 30.5 Å². The number of aryl methyl sites for hydroxylation is 2. The Labute approximate surface area is 277 Å². The smallest absolute Gasteiger partial charge is 0.351 e. The molecule has 250 valence electrons. The fourth-order valence-electron chi connectivity index (χ4n) is 4.93. The summed E-state index contributed by atoms with van der Waals surface area (Å²) in [5.41, 5.74) is 2.31. The molecule has 9 nitrogen and oxygen atoms in total. The van der Waals surface area contributed by atoms with Gasteiger partial charge in [-0.05, 0) is 51.3 Å². The molecular weight excluding hydrogens is 627 g/mol. The van der Waals surface area contributed by atoms with E-state index in [-0.39, 0.29) is 35.8 Å². The first kappa shape index (κ1) is 35.5. The first-order valence-electron chi connectivity index (χ1n) is 15.4. The van der Waals surface area contributed by atoms with Crippen molar-refractivity contribution >= 4 is 29.1 Å². The predicted molar refractivity (Wildman–Crippen MR) is 178 cm³/mol. The van der Waals surface area contributed by atoms with Gasteiger partial charge < -0.3 is 20.4 Å². The van der Waals surface area contributed by atoms with Crippen LogP contribution in [0.2, 0.25) is 0 Å². The molecule has 5 rings (SSSR count). The number of carbonyl (C=O) groups is 2. The Morgan fingerprint density at radius 3 is 2.36 bits per heavy atom.